The van der Waals surface area contributed by atoms with Gasteiger partial charge < -0.3 is 10.2 Å². The lowest BCUT2D eigenvalue weighted by Gasteiger charge is -2.31. The maximum atomic E-state index is 13.2. The molecule has 0 fully saturated rings. The second-order valence-corrected chi connectivity index (χ2v) is 9.74. The molecule has 4 nitrogen and oxygen atoms in total. The zero-order valence-corrected chi connectivity index (χ0v) is 20.6. The van der Waals surface area contributed by atoms with Crippen molar-refractivity contribution in [3.8, 4) is 0 Å². The van der Waals surface area contributed by atoms with Gasteiger partial charge in [0.25, 0.3) is 0 Å². The van der Waals surface area contributed by atoms with Crippen LogP contribution in [0.5, 0.6) is 0 Å². The number of thioether (sulfide) groups is 1. The molecule has 0 bridgehead atoms. The van der Waals surface area contributed by atoms with E-state index < -0.39 is 6.04 Å². The summed E-state index contributed by atoms with van der Waals surface area (Å²) in [5.74, 6) is 0.767. The molecular weight excluding hydrogens is 451 g/mol. The van der Waals surface area contributed by atoms with Crippen LogP contribution in [0.1, 0.15) is 39.2 Å². The molecule has 0 aromatic heterocycles. The van der Waals surface area contributed by atoms with Gasteiger partial charge in [-0.3, -0.25) is 9.59 Å². The Morgan fingerprint density at radius 3 is 2.35 bits per heavy atom. The maximum absolute atomic E-state index is 13.2. The van der Waals surface area contributed by atoms with Gasteiger partial charge in [0.05, 0.1) is 0 Å². The topological polar surface area (TPSA) is 49.4 Å². The molecular formula is C24H30Cl2N2O2S. The van der Waals surface area contributed by atoms with Gasteiger partial charge >= 0.3 is 0 Å². The minimum Gasteiger partial charge on any atom is -0.354 e. The summed E-state index contributed by atoms with van der Waals surface area (Å²) in [6, 6.07) is 14.4. The molecule has 1 N–H and O–H groups in total. The van der Waals surface area contributed by atoms with Crippen LogP contribution in [0.4, 0.5) is 0 Å². The fourth-order valence-electron chi connectivity index (χ4n) is 3.08. The minimum atomic E-state index is -0.539. The minimum absolute atomic E-state index is 0.0621. The maximum Gasteiger partial charge on any atom is 0.242 e. The van der Waals surface area contributed by atoms with Gasteiger partial charge in [-0.05, 0) is 48.2 Å². The molecule has 31 heavy (non-hydrogen) atoms. The summed E-state index contributed by atoms with van der Waals surface area (Å²) in [6.07, 6.45) is 0.857. The van der Waals surface area contributed by atoms with Gasteiger partial charge in [0.15, 0.2) is 0 Å². The van der Waals surface area contributed by atoms with E-state index in [1.165, 1.54) is 0 Å². The van der Waals surface area contributed by atoms with E-state index in [0.717, 1.165) is 10.5 Å². The summed E-state index contributed by atoms with van der Waals surface area (Å²) in [7, 11) is 0. The molecule has 2 aromatic rings. The lowest BCUT2D eigenvalue weighted by atomic mass is 10.1. The van der Waals surface area contributed by atoms with Crippen LogP contribution >= 0.6 is 35.0 Å². The lowest BCUT2D eigenvalue weighted by molar-refractivity contribution is -0.141. The first-order valence-corrected chi connectivity index (χ1v) is 12.2. The molecule has 0 aliphatic rings. The van der Waals surface area contributed by atoms with Gasteiger partial charge in [-0.25, -0.2) is 0 Å². The van der Waals surface area contributed by atoms with Gasteiger partial charge in [-0.15, -0.1) is 11.8 Å². The Bertz CT molecular complexity index is 859. The molecule has 2 rings (SSSR count). The molecule has 0 aliphatic heterocycles. The van der Waals surface area contributed by atoms with Crippen molar-refractivity contribution in [2.75, 3.05) is 12.3 Å². The molecule has 2 amide bonds. The van der Waals surface area contributed by atoms with Crippen LogP contribution in [0.3, 0.4) is 0 Å². The predicted octanol–water partition coefficient (Wildman–Crippen LogP) is 6.06. The van der Waals surface area contributed by atoms with E-state index in [1.807, 2.05) is 63.2 Å². The number of hydrogen-bond acceptors (Lipinski definition) is 3. The molecule has 1 atom stereocenters. The second-order valence-electron chi connectivity index (χ2n) is 7.73. The van der Waals surface area contributed by atoms with Crippen molar-refractivity contribution in [2.45, 2.75) is 51.1 Å². The Morgan fingerprint density at radius 1 is 1.06 bits per heavy atom. The normalized spacial score (nSPS) is 11.9. The van der Waals surface area contributed by atoms with Crippen LogP contribution in [-0.2, 0) is 16.1 Å². The molecule has 1 unspecified atom stereocenters. The number of rotatable bonds is 11. The third-order valence-electron chi connectivity index (χ3n) is 4.77. The second kappa shape index (κ2) is 13.0. The quantitative estimate of drug-likeness (QED) is 0.397. The Labute approximate surface area is 199 Å². The van der Waals surface area contributed by atoms with Crippen LogP contribution in [0.2, 0.25) is 10.0 Å². The number of benzene rings is 2. The molecule has 0 saturated heterocycles. The van der Waals surface area contributed by atoms with Crippen molar-refractivity contribution in [1.29, 1.82) is 0 Å². The van der Waals surface area contributed by atoms with Crippen LogP contribution in [-0.4, -0.2) is 35.1 Å². The van der Waals surface area contributed by atoms with Gasteiger partial charge in [0, 0.05) is 40.2 Å². The van der Waals surface area contributed by atoms with E-state index in [2.05, 4.69) is 5.32 Å². The highest BCUT2D eigenvalue weighted by Crippen LogP contribution is 2.23. The van der Waals surface area contributed by atoms with E-state index in [-0.39, 0.29) is 11.8 Å². The number of halogens is 2. The summed E-state index contributed by atoms with van der Waals surface area (Å²) in [4.78, 5) is 28.8. The summed E-state index contributed by atoms with van der Waals surface area (Å²) in [5.41, 5.74) is 0.831. The van der Waals surface area contributed by atoms with Crippen LogP contribution < -0.4 is 5.32 Å². The molecule has 0 spiro atoms. The highest BCUT2D eigenvalue weighted by molar-refractivity contribution is 7.99. The first kappa shape index (κ1) is 25.6. The van der Waals surface area contributed by atoms with E-state index >= 15 is 0 Å². The molecule has 168 valence electrons. The first-order chi connectivity index (χ1) is 14.8. The van der Waals surface area contributed by atoms with E-state index in [4.69, 9.17) is 23.2 Å². The van der Waals surface area contributed by atoms with Crippen molar-refractivity contribution in [2.24, 2.45) is 5.92 Å². The van der Waals surface area contributed by atoms with Crippen molar-refractivity contribution in [3.63, 3.8) is 0 Å². The number of carbonyl (C=O) groups is 2. The Balaban J connectivity index is 2.12. The van der Waals surface area contributed by atoms with Crippen LogP contribution in [0.25, 0.3) is 0 Å². The Morgan fingerprint density at radius 2 is 1.74 bits per heavy atom. The fraction of sp³-hybridized carbons (Fsp3) is 0.417. The van der Waals surface area contributed by atoms with Gasteiger partial charge in [0.1, 0.15) is 6.04 Å². The van der Waals surface area contributed by atoms with Crippen molar-refractivity contribution in [3.05, 3.63) is 64.1 Å². The average molecular weight is 481 g/mol. The van der Waals surface area contributed by atoms with E-state index in [0.29, 0.717) is 47.6 Å². The van der Waals surface area contributed by atoms with Crippen LogP contribution in [0, 0.1) is 5.92 Å². The highest BCUT2D eigenvalue weighted by atomic mass is 35.5. The van der Waals surface area contributed by atoms with Crippen molar-refractivity contribution >= 4 is 46.8 Å². The summed E-state index contributed by atoms with van der Waals surface area (Å²) >= 11 is 13.9. The number of nitrogens with zero attached hydrogens (tertiary/aromatic N) is 1. The third-order valence-corrected chi connectivity index (χ3v) is 6.40. The van der Waals surface area contributed by atoms with E-state index in [9.17, 15) is 9.59 Å². The summed E-state index contributed by atoms with van der Waals surface area (Å²) < 4.78 is 0. The smallest absolute Gasteiger partial charge is 0.242 e. The molecule has 0 heterocycles. The zero-order chi connectivity index (χ0) is 22.8. The number of amides is 2. The largest absolute Gasteiger partial charge is 0.354 e. The van der Waals surface area contributed by atoms with Crippen LogP contribution in [0.15, 0.2) is 53.4 Å². The molecule has 0 radical (unpaired) electrons. The zero-order valence-electron chi connectivity index (χ0n) is 18.2. The monoisotopic (exact) mass is 480 g/mol. The Kier molecular flexibility index (Phi) is 10.7. The van der Waals surface area contributed by atoms with Gasteiger partial charge in [-0.1, -0.05) is 62.2 Å². The number of hydrogen-bond donors (Lipinski definition) is 1. The molecule has 0 aliphatic carbocycles. The standard InChI is InChI=1S/C24H30Cl2N2O2S/c1-4-22(24(30)27-15-17(2)3)28(16-18-7-5-6-8-21(18)26)23(29)13-14-31-20-11-9-19(25)10-12-20/h5-12,17,22H,4,13-16H2,1-3H3,(H,27,30). The lowest BCUT2D eigenvalue weighted by Crippen LogP contribution is -2.49. The van der Waals surface area contributed by atoms with Crippen molar-refractivity contribution < 1.29 is 9.59 Å². The van der Waals surface area contributed by atoms with Crippen molar-refractivity contribution in [1.82, 2.24) is 10.2 Å². The SMILES string of the molecule is CCC(C(=O)NCC(C)C)N(Cc1ccccc1Cl)C(=O)CCSc1ccc(Cl)cc1. The summed E-state index contributed by atoms with van der Waals surface area (Å²) in [6.45, 7) is 6.90. The highest BCUT2D eigenvalue weighted by Gasteiger charge is 2.28. The average Bonchev–Trinajstić information content (AvgIpc) is 2.74. The molecule has 0 saturated carbocycles. The van der Waals surface area contributed by atoms with Gasteiger partial charge in [-0.2, -0.15) is 0 Å². The molecule has 2 aromatic carbocycles. The Hall–Kier alpha value is -1.69. The first-order valence-electron chi connectivity index (χ1n) is 10.5. The predicted molar refractivity (Wildman–Crippen MR) is 131 cm³/mol. The number of carbonyl (C=O) groups excluding carboxylic acids is 2. The molecule has 7 heteroatoms. The summed E-state index contributed by atoms with van der Waals surface area (Å²) in [5, 5.41) is 4.25. The van der Waals surface area contributed by atoms with E-state index in [1.54, 1.807) is 22.7 Å². The third kappa shape index (κ3) is 8.40. The van der Waals surface area contributed by atoms with Gasteiger partial charge in [0.2, 0.25) is 11.8 Å². The fourth-order valence-corrected chi connectivity index (χ4v) is 4.25. The number of nitrogens with one attached hydrogen (secondary N) is 1.